The first-order chi connectivity index (χ1) is 10.2. The van der Waals surface area contributed by atoms with Crippen molar-refractivity contribution in [1.82, 2.24) is 5.32 Å². The summed E-state index contributed by atoms with van der Waals surface area (Å²) in [5.41, 5.74) is 4.37. The van der Waals surface area contributed by atoms with Gasteiger partial charge in [0.25, 0.3) is 0 Å². The largest absolute Gasteiger partial charge is 0.313 e. The van der Waals surface area contributed by atoms with Crippen LogP contribution in [-0.4, -0.2) is 7.05 Å². The summed E-state index contributed by atoms with van der Waals surface area (Å²) in [6, 6.07) is 7.16. The minimum absolute atomic E-state index is 0.520. The van der Waals surface area contributed by atoms with Gasteiger partial charge in [-0.2, -0.15) is 0 Å². The Morgan fingerprint density at radius 2 is 1.38 bits per heavy atom. The molecule has 120 valence electrons. The topological polar surface area (TPSA) is 12.0 Å². The molecule has 0 aliphatic rings. The van der Waals surface area contributed by atoms with Crippen LogP contribution in [0.4, 0.5) is 0 Å². The molecule has 0 aliphatic carbocycles. The number of unbranched alkanes of at least 4 members (excludes halogenated alkanes) is 7. The van der Waals surface area contributed by atoms with Gasteiger partial charge in [0.2, 0.25) is 0 Å². The van der Waals surface area contributed by atoms with Crippen molar-refractivity contribution < 1.29 is 0 Å². The molecule has 1 heteroatoms. The van der Waals surface area contributed by atoms with Crippen molar-refractivity contribution in [2.24, 2.45) is 0 Å². The predicted octanol–water partition coefficient (Wildman–Crippen LogP) is 6.09. The second kappa shape index (κ2) is 10.8. The third kappa shape index (κ3) is 6.65. The first kappa shape index (κ1) is 18.2. The van der Waals surface area contributed by atoms with Crippen LogP contribution in [0.15, 0.2) is 18.2 Å². The Labute approximate surface area is 132 Å². The van der Waals surface area contributed by atoms with Crippen LogP contribution in [0.1, 0.15) is 87.4 Å². The van der Waals surface area contributed by atoms with E-state index in [9.17, 15) is 0 Å². The Kier molecular flexibility index (Phi) is 9.41. The van der Waals surface area contributed by atoms with Crippen molar-refractivity contribution in [2.45, 2.75) is 84.6 Å². The highest BCUT2D eigenvalue weighted by Gasteiger charge is 2.13. The molecule has 0 aromatic heterocycles. The SMILES string of the molecule is CCCCCCCCCCC(NC)c1c(C)cccc1C. The van der Waals surface area contributed by atoms with E-state index in [1.165, 1.54) is 74.5 Å². The second-order valence-electron chi connectivity index (χ2n) is 6.41. The summed E-state index contributed by atoms with van der Waals surface area (Å²) in [4.78, 5) is 0. The van der Waals surface area contributed by atoms with Crippen LogP contribution in [0.25, 0.3) is 0 Å². The average Bonchev–Trinajstić information content (AvgIpc) is 2.47. The van der Waals surface area contributed by atoms with Crippen LogP contribution in [-0.2, 0) is 0 Å². The zero-order chi connectivity index (χ0) is 15.5. The Balaban J connectivity index is 2.29. The van der Waals surface area contributed by atoms with Crippen molar-refractivity contribution >= 4 is 0 Å². The maximum atomic E-state index is 3.52. The summed E-state index contributed by atoms with van der Waals surface area (Å²) in [5.74, 6) is 0. The highest BCUT2D eigenvalue weighted by molar-refractivity contribution is 5.36. The van der Waals surface area contributed by atoms with Gasteiger partial charge < -0.3 is 5.32 Å². The zero-order valence-corrected chi connectivity index (χ0v) is 14.7. The number of hydrogen-bond donors (Lipinski definition) is 1. The fourth-order valence-corrected chi connectivity index (χ4v) is 3.29. The van der Waals surface area contributed by atoms with E-state index in [1.54, 1.807) is 0 Å². The van der Waals surface area contributed by atoms with Gasteiger partial charge in [0.1, 0.15) is 0 Å². The summed E-state index contributed by atoms with van der Waals surface area (Å²) in [6.45, 7) is 6.76. The summed E-state index contributed by atoms with van der Waals surface area (Å²) in [7, 11) is 2.10. The molecule has 1 atom stereocenters. The van der Waals surface area contributed by atoms with Gasteiger partial charge in [-0.3, -0.25) is 0 Å². The fraction of sp³-hybridized carbons (Fsp3) is 0.700. The first-order valence-corrected chi connectivity index (χ1v) is 8.94. The molecule has 1 aromatic carbocycles. The van der Waals surface area contributed by atoms with Gasteiger partial charge >= 0.3 is 0 Å². The molecule has 1 N–H and O–H groups in total. The van der Waals surface area contributed by atoms with E-state index in [2.05, 4.69) is 51.3 Å². The van der Waals surface area contributed by atoms with Crippen LogP contribution in [0.2, 0.25) is 0 Å². The highest BCUT2D eigenvalue weighted by Crippen LogP contribution is 2.26. The molecule has 0 fully saturated rings. The van der Waals surface area contributed by atoms with Gasteiger partial charge in [-0.1, -0.05) is 76.5 Å². The molecule has 0 spiro atoms. The van der Waals surface area contributed by atoms with E-state index in [0.717, 1.165) is 0 Å². The molecule has 0 saturated heterocycles. The van der Waals surface area contributed by atoms with Gasteiger partial charge in [-0.25, -0.2) is 0 Å². The second-order valence-corrected chi connectivity index (χ2v) is 6.41. The van der Waals surface area contributed by atoms with Crippen LogP contribution in [0.5, 0.6) is 0 Å². The lowest BCUT2D eigenvalue weighted by Crippen LogP contribution is -2.18. The van der Waals surface area contributed by atoms with E-state index in [4.69, 9.17) is 0 Å². The van der Waals surface area contributed by atoms with Crippen molar-refractivity contribution in [2.75, 3.05) is 7.05 Å². The summed E-state index contributed by atoms with van der Waals surface area (Å²) < 4.78 is 0. The predicted molar refractivity (Wildman–Crippen MR) is 94.9 cm³/mol. The Hall–Kier alpha value is -0.820. The zero-order valence-electron chi connectivity index (χ0n) is 14.7. The van der Waals surface area contributed by atoms with Crippen molar-refractivity contribution in [3.63, 3.8) is 0 Å². The highest BCUT2D eigenvalue weighted by atomic mass is 14.9. The lowest BCUT2D eigenvalue weighted by atomic mass is 9.92. The van der Waals surface area contributed by atoms with Gasteiger partial charge in [0.15, 0.2) is 0 Å². The van der Waals surface area contributed by atoms with Crippen molar-refractivity contribution in [3.05, 3.63) is 34.9 Å². The quantitative estimate of drug-likeness (QED) is 0.486. The van der Waals surface area contributed by atoms with Gasteiger partial charge in [0.05, 0.1) is 0 Å². The molecule has 0 heterocycles. The molecule has 0 amide bonds. The monoisotopic (exact) mass is 289 g/mol. The van der Waals surface area contributed by atoms with Crippen molar-refractivity contribution in [1.29, 1.82) is 0 Å². The molecule has 21 heavy (non-hydrogen) atoms. The standard InChI is InChI=1S/C20H35N/c1-5-6-7-8-9-10-11-12-16-19(21-4)20-17(2)14-13-15-18(20)3/h13-15,19,21H,5-12,16H2,1-4H3. The van der Waals surface area contributed by atoms with Crippen LogP contribution < -0.4 is 5.32 Å². The minimum Gasteiger partial charge on any atom is -0.313 e. The maximum absolute atomic E-state index is 3.52. The third-order valence-corrected chi connectivity index (χ3v) is 4.59. The number of hydrogen-bond acceptors (Lipinski definition) is 1. The van der Waals surface area contributed by atoms with Crippen LogP contribution in [0.3, 0.4) is 0 Å². The number of aryl methyl sites for hydroxylation is 2. The molecule has 1 aromatic rings. The molecule has 1 unspecified atom stereocenters. The molecular formula is C20H35N. The Morgan fingerprint density at radius 3 is 1.90 bits per heavy atom. The normalized spacial score (nSPS) is 12.6. The first-order valence-electron chi connectivity index (χ1n) is 8.94. The Morgan fingerprint density at radius 1 is 0.857 bits per heavy atom. The molecule has 0 saturated carbocycles. The molecule has 1 nitrogen and oxygen atoms in total. The molecular weight excluding hydrogens is 254 g/mol. The third-order valence-electron chi connectivity index (χ3n) is 4.59. The van der Waals surface area contributed by atoms with E-state index < -0.39 is 0 Å². The lowest BCUT2D eigenvalue weighted by molar-refractivity contribution is 0.491. The van der Waals surface area contributed by atoms with Gasteiger partial charge in [-0.15, -0.1) is 0 Å². The van der Waals surface area contributed by atoms with E-state index >= 15 is 0 Å². The lowest BCUT2D eigenvalue weighted by Gasteiger charge is -2.21. The number of nitrogens with one attached hydrogen (secondary N) is 1. The average molecular weight is 290 g/mol. The molecule has 0 radical (unpaired) electrons. The molecule has 0 bridgehead atoms. The van der Waals surface area contributed by atoms with Crippen molar-refractivity contribution in [3.8, 4) is 0 Å². The summed E-state index contributed by atoms with van der Waals surface area (Å²) >= 11 is 0. The smallest absolute Gasteiger partial charge is 0.0322 e. The summed E-state index contributed by atoms with van der Waals surface area (Å²) in [5, 5.41) is 3.52. The van der Waals surface area contributed by atoms with E-state index in [-0.39, 0.29) is 0 Å². The fourth-order valence-electron chi connectivity index (χ4n) is 3.29. The van der Waals surface area contributed by atoms with E-state index in [0.29, 0.717) is 6.04 Å². The number of rotatable bonds is 11. The minimum atomic E-state index is 0.520. The number of benzene rings is 1. The van der Waals surface area contributed by atoms with Crippen LogP contribution in [0, 0.1) is 13.8 Å². The molecule has 0 aliphatic heterocycles. The van der Waals surface area contributed by atoms with Crippen LogP contribution >= 0.6 is 0 Å². The van der Waals surface area contributed by atoms with E-state index in [1.807, 2.05) is 0 Å². The Bertz CT molecular complexity index is 363. The maximum Gasteiger partial charge on any atom is 0.0322 e. The molecule has 1 rings (SSSR count). The van der Waals surface area contributed by atoms with Gasteiger partial charge in [-0.05, 0) is 44.0 Å². The van der Waals surface area contributed by atoms with Gasteiger partial charge in [0, 0.05) is 6.04 Å². The summed E-state index contributed by atoms with van der Waals surface area (Å²) in [6.07, 6.45) is 12.4.